The summed E-state index contributed by atoms with van der Waals surface area (Å²) in [7, 11) is 8.87. The van der Waals surface area contributed by atoms with Crippen LogP contribution in [0.15, 0.2) is 214 Å². The zero-order chi connectivity index (χ0) is 90.9. The SMILES string of the molecule is CN(C)c1ccc(CC(=O)N2CCc3[nH]nc(-c4ccncc4)c3C2)cc1.COc1ccc(OC)c(CC(=O)N2CCc3[nH]nc(-c4ccncc4)c3C2)c1.COc1ccccc1CC(=O)N1CCc2[nH]nc(-c3ccncc3)c2C1.Cc1nc(CC(=O)N2CCc3[nH]nc(-c4ccncc4)c3C2)c(C)s1.O=C(Cc1ccccc1F)N1CCc2[nH]nc(-c3ccncc3)c2C1. The number of H-pyrrole nitrogens is 5. The van der Waals surface area contributed by atoms with E-state index in [-0.39, 0.29) is 48.2 Å². The summed E-state index contributed by atoms with van der Waals surface area (Å²) >= 11 is 1.64. The number of amides is 5. The molecule has 5 aliphatic rings. The molecule has 0 fully saturated rings. The van der Waals surface area contributed by atoms with Gasteiger partial charge in [-0.3, -0.25) is 74.4 Å². The molecule has 5 aliphatic heterocycles. The number of nitrogens with one attached hydrogen (secondary N) is 5. The summed E-state index contributed by atoms with van der Waals surface area (Å²) < 4.78 is 29.9. The fraction of sp³-hybridized carbons (Fsp3) is 0.273. The van der Waals surface area contributed by atoms with Gasteiger partial charge in [-0.25, -0.2) is 9.37 Å². The number of hydrogen-bond acceptors (Lipinski definition) is 21. The van der Waals surface area contributed by atoms with E-state index in [4.69, 9.17) is 14.2 Å². The lowest BCUT2D eigenvalue weighted by atomic mass is 10.0. The van der Waals surface area contributed by atoms with Crippen LogP contribution >= 0.6 is 11.3 Å². The lowest BCUT2D eigenvalue weighted by Gasteiger charge is -2.27. The third kappa shape index (κ3) is 21.3. The smallest absolute Gasteiger partial charge is 0.228 e. The lowest BCUT2D eigenvalue weighted by Crippen LogP contribution is -2.37. The Morgan fingerprint density at radius 1 is 0.374 bits per heavy atom. The number of para-hydroxylation sites is 1. The quantitative estimate of drug-likeness (QED) is 0.0502. The van der Waals surface area contributed by atoms with E-state index in [0.29, 0.717) is 95.2 Å². The number of aryl methyl sites for hydroxylation is 2. The Morgan fingerprint density at radius 3 is 1.03 bits per heavy atom. The number of aromatic nitrogens is 16. The van der Waals surface area contributed by atoms with Crippen LogP contribution < -0.4 is 19.1 Å². The molecule has 30 nitrogen and oxygen atoms in total. The minimum absolute atomic E-state index is 0.0547. The summed E-state index contributed by atoms with van der Waals surface area (Å²) in [5.74, 6) is 2.17. The third-order valence-electron chi connectivity index (χ3n) is 24.0. The molecule has 16 heterocycles. The molecule has 0 bridgehead atoms. The van der Waals surface area contributed by atoms with E-state index in [1.165, 1.54) is 6.07 Å². The molecule has 5 N–H and O–H groups in total. The number of anilines is 1. The first-order chi connectivity index (χ1) is 63.9. The Kier molecular flexibility index (Phi) is 28.4. The standard InChI is InChI=1S/C21H23N5O.C21H22N4O3.C20H20N4O2.C19H17FN4O.C18H19N5OS/c1-25(2)17-5-3-15(4-6-17)13-20(27)26-12-9-19-18(14-26)21(24-23-19)16-7-10-22-11-8-16;1-27-16-3-4-19(28-2)15(11-16)12-20(26)25-10-7-18-17(13-25)21(24-23-18)14-5-8-22-9-6-14;1-26-18-5-3-2-4-15(18)12-19(25)24-11-8-17-16(13-24)20(23-22-17)14-6-9-21-10-7-14;20-16-4-2-1-3-14(16)11-18(25)24-10-7-17-15(12-24)19(23-22-17)13-5-8-21-9-6-13;1-11-16(20-12(2)25-11)9-17(24)23-8-5-15-14(10-23)18(22-21-15)13-3-6-19-7-4-13/h3-8,10-11H,9,12-14H2,1-2H3,(H,23,24);3-6,8-9,11H,7,10,12-13H2,1-2H3,(H,23,24);2-7,9-10H,8,11-13H2,1H3,(H,22,23);1-6,8-9H,7,10-12H2,(H,22,23);3-4,6-7H,5,8-10H2,1-2H3,(H,21,22). The molecule has 20 rings (SSSR count). The first kappa shape index (κ1) is 89.2. The molecule has 0 spiro atoms. The van der Waals surface area contributed by atoms with Gasteiger partial charge < -0.3 is 43.6 Å². The molecule has 15 aromatic rings. The van der Waals surface area contributed by atoms with Crippen LogP contribution in [0.3, 0.4) is 0 Å². The normalized spacial score (nSPS) is 13.4. The highest BCUT2D eigenvalue weighted by atomic mass is 32.1. The fourth-order valence-electron chi connectivity index (χ4n) is 16.8. The number of rotatable bonds is 19. The number of ether oxygens (including phenoxy) is 3. The Balaban J connectivity index is 0.000000120. The van der Waals surface area contributed by atoms with Gasteiger partial charge in [-0.05, 0) is 128 Å². The maximum Gasteiger partial charge on any atom is 0.228 e. The van der Waals surface area contributed by atoms with E-state index in [1.807, 2.05) is 163 Å². The minimum atomic E-state index is -0.339. The number of halogens is 1. The highest BCUT2D eigenvalue weighted by molar-refractivity contribution is 7.11. The summed E-state index contributed by atoms with van der Waals surface area (Å²) in [6.45, 7) is 10.2. The fourth-order valence-corrected chi connectivity index (χ4v) is 17.6. The summed E-state index contributed by atoms with van der Waals surface area (Å²) in [6, 6.07) is 47.1. The first-order valence-electron chi connectivity index (χ1n) is 43.4. The molecular weight excluding hydrogens is 1680 g/mol. The molecule has 0 unspecified atom stereocenters. The largest absolute Gasteiger partial charge is 0.497 e. The van der Waals surface area contributed by atoms with E-state index >= 15 is 0 Å². The van der Waals surface area contributed by atoms with Crippen molar-refractivity contribution in [3.63, 3.8) is 0 Å². The van der Waals surface area contributed by atoms with Crippen molar-refractivity contribution < 1.29 is 42.6 Å². The monoisotopic (exact) mass is 1780 g/mol. The zero-order valence-electron chi connectivity index (χ0n) is 74.0. The predicted octanol–water partition coefficient (Wildman–Crippen LogP) is 13.3. The van der Waals surface area contributed by atoms with Crippen molar-refractivity contribution in [1.82, 2.24) is 105 Å². The molecule has 668 valence electrons. The van der Waals surface area contributed by atoms with Crippen LogP contribution in [0.25, 0.3) is 56.3 Å². The van der Waals surface area contributed by atoms with Gasteiger partial charge in [-0.1, -0.05) is 48.5 Å². The van der Waals surface area contributed by atoms with Crippen LogP contribution in [0.5, 0.6) is 17.2 Å². The summed E-state index contributed by atoms with van der Waals surface area (Å²) in [4.78, 5) is 101. The second-order valence-corrected chi connectivity index (χ2v) is 33.8. The Morgan fingerprint density at radius 2 is 0.695 bits per heavy atom. The molecule has 0 saturated carbocycles. The van der Waals surface area contributed by atoms with Crippen LogP contribution in [-0.4, -0.2) is 203 Å². The predicted molar refractivity (Wildman–Crippen MR) is 495 cm³/mol. The Labute approximate surface area is 761 Å². The second-order valence-electron chi connectivity index (χ2n) is 32.4. The van der Waals surface area contributed by atoms with E-state index in [0.717, 1.165) is 195 Å². The van der Waals surface area contributed by atoms with Gasteiger partial charge in [0.05, 0.1) is 92.6 Å². The van der Waals surface area contributed by atoms with E-state index in [2.05, 4.69) is 97.9 Å². The highest BCUT2D eigenvalue weighted by Crippen LogP contribution is 2.36. The zero-order valence-corrected chi connectivity index (χ0v) is 74.8. The number of thiazole rings is 1. The van der Waals surface area contributed by atoms with Gasteiger partial charge in [0, 0.05) is 279 Å². The number of aromatic amines is 5. The van der Waals surface area contributed by atoms with Crippen molar-refractivity contribution in [2.45, 2.75) is 111 Å². The van der Waals surface area contributed by atoms with Gasteiger partial charge in [-0.15, -0.1) is 11.3 Å². The van der Waals surface area contributed by atoms with Crippen molar-refractivity contribution in [2.24, 2.45) is 0 Å². The van der Waals surface area contributed by atoms with Gasteiger partial charge in [0.15, 0.2) is 0 Å². The van der Waals surface area contributed by atoms with Gasteiger partial charge in [-0.2, -0.15) is 25.5 Å². The number of hydrogen-bond donors (Lipinski definition) is 5. The van der Waals surface area contributed by atoms with Crippen molar-refractivity contribution >= 4 is 46.6 Å². The van der Waals surface area contributed by atoms with Crippen LogP contribution in [-0.2, 0) is 121 Å². The molecule has 131 heavy (non-hydrogen) atoms. The number of carbonyl (C=O) groups is 5. The summed E-state index contributed by atoms with van der Waals surface area (Å²) in [6.07, 6.45) is 22.8. The number of nitrogens with zero attached hydrogens (tertiary/aromatic N) is 17. The topological polar surface area (TPSA) is 353 Å². The van der Waals surface area contributed by atoms with Gasteiger partial charge >= 0.3 is 0 Å². The minimum Gasteiger partial charge on any atom is -0.497 e. The van der Waals surface area contributed by atoms with E-state index in [1.54, 1.807) is 118 Å². The molecule has 0 aliphatic carbocycles. The molecule has 0 radical (unpaired) electrons. The van der Waals surface area contributed by atoms with Crippen LogP contribution in [0.4, 0.5) is 10.1 Å². The highest BCUT2D eigenvalue weighted by Gasteiger charge is 2.33. The van der Waals surface area contributed by atoms with Crippen molar-refractivity contribution in [1.29, 1.82) is 0 Å². The van der Waals surface area contributed by atoms with Crippen molar-refractivity contribution in [3.8, 4) is 73.5 Å². The van der Waals surface area contributed by atoms with E-state index in [9.17, 15) is 28.4 Å². The number of pyridine rings is 5. The molecule has 4 aromatic carbocycles. The third-order valence-corrected chi connectivity index (χ3v) is 24.9. The molecular formula is C99H101FN22O8S. The average Bonchev–Trinajstić information content (AvgIpc) is 1.67. The molecule has 0 saturated heterocycles. The summed E-state index contributed by atoms with van der Waals surface area (Å²) in [5.41, 5.74) is 25.6. The Hall–Kier alpha value is -15.2. The summed E-state index contributed by atoms with van der Waals surface area (Å²) in [5, 5.41) is 38.9. The van der Waals surface area contributed by atoms with Gasteiger partial charge in [0.2, 0.25) is 29.5 Å². The van der Waals surface area contributed by atoms with Crippen molar-refractivity contribution in [3.05, 3.63) is 314 Å². The second kappa shape index (κ2) is 41.7. The average molecular weight is 1780 g/mol. The maximum absolute atomic E-state index is 13.8. The van der Waals surface area contributed by atoms with Crippen LogP contribution in [0, 0.1) is 19.7 Å². The Bertz CT molecular complexity index is 6460. The molecule has 0 atom stereocenters. The number of benzene rings is 4. The number of carbonyl (C=O) groups excluding carboxylic acids is 5. The molecule has 11 aromatic heterocycles. The van der Waals surface area contributed by atoms with Gasteiger partial charge in [0.1, 0.15) is 23.1 Å². The number of fused-ring (bicyclic) bond motifs is 5. The van der Waals surface area contributed by atoms with Gasteiger partial charge in [0.25, 0.3) is 0 Å². The van der Waals surface area contributed by atoms with Crippen LogP contribution in [0.2, 0.25) is 0 Å². The van der Waals surface area contributed by atoms with Crippen LogP contribution in [0.1, 0.15) is 94.1 Å². The van der Waals surface area contributed by atoms with Crippen molar-refractivity contribution in [2.75, 3.05) is 73.0 Å². The molecule has 5 amide bonds. The maximum atomic E-state index is 13.8. The molecule has 32 heteroatoms. The first-order valence-corrected chi connectivity index (χ1v) is 44.2. The van der Waals surface area contributed by atoms with E-state index < -0.39 is 0 Å². The number of methoxy groups -OCH3 is 3. The lowest BCUT2D eigenvalue weighted by molar-refractivity contribution is -0.132.